The van der Waals surface area contributed by atoms with Crippen LogP contribution in [-0.2, 0) is 33.3 Å². The number of hydrogen-bond acceptors (Lipinski definition) is 8. The van der Waals surface area contributed by atoms with Crippen LogP contribution in [0.1, 0.15) is 425 Å². The van der Waals surface area contributed by atoms with Crippen LogP contribution in [0, 0.1) is 0 Å². The van der Waals surface area contributed by atoms with Gasteiger partial charge >= 0.3 is 11.9 Å². The Morgan fingerprint density at radius 2 is 0.568 bits per heavy atom. The SMILES string of the molecule is CCCCCCC/C=C\C/C=C\CCCCCCCCCCCCCCCCCCCCCCCCCCCCCC(=O)OC(COC(=O)CCCCCCCCCCCCCCCCCCCCC/C=C\C/C=C\CCCCCCC)COC(OCC[N+](C)(C)C)C(=O)[O-]. The zero-order valence-electron chi connectivity index (χ0n) is 64.1. The maximum Gasteiger partial charge on any atom is 0.306 e. The molecule has 0 fully saturated rings. The Morgan fingerprint density at radius 1 is 0.316 bits per heavy atom. The smallest absolute Gasteiger partial charge is 0.306 e. The van der Waals surface area contributed by atoms with Crippen molar-refractivity contribution >= 4 is 17.9 Å². The minimum atomic E-state index is -1.62. The van der Waals surface area contributed by atoms with Crippen molar-refractivity contribution in [1.82, 2.24) is 0 Å². The molecule has 2 unspecified atom stereocenters. The quantitative estimate of drug-likeness (QED) is 0.0195. The Hall–Kier alpha value is -2.75. The molecule has 0 N–H and O–H groups in total. The van der Waals surface area contributed by atoms with Gasteiger partial charge in [-0.1, -0.05) is 383 Å². The van der Waals surface area contributed by atoms with E-state index < -0.39 is 24.3 Å². The lowest BCUT2D eigenvalue weighted by molar-refractivity contribution is -0.870. The zero-order valence-corrected chi connectivity index (χ0v) is 64.1. The molecular formula is C86H161NO8. The van der Waals surface area contributed by atoms with E-state index in [0.29, 0.717) is 17.4 Å². The topological polar surface area (TPSA) is 111 Å². The number of ether oxygens (including phenoxy) is 4. The first-order chi connectivity index (χ1) is 46.6. The van der Waals surface area contributed by atoms with Gasteiger partial charge in [-0.15, -0.1) is 0 Å². The predicted octanol–water partition coefficient (Wildman–Crippen LogP) is 25.5. The second-order valence-electron chi connectivity index (χ2n) is 29.8. The molecule has 0 aromatic heterocycles. The molecule has 0 radical (unpaired) electrons. The number of unbranched alkanes of at least 4 members (excludes halogenated alkanes) is 56. The largest absolute Gasteiger partial charge is 0.545 e. The molecule has 0 amide bonds. The second-order valence-corrected chi connectivity index (χ2v) is 29.8. The number of aliphatic carboxylic acids is 1. The predicted molar refractivity (Wildman–Crippen MR) is 408 cm³/mol. The highest BCUT2D eigenvalue weighted by molar-refractivity contribution is 5.70. The van der Waals surface area contributed by atoms with E-state index in [1.165, 1.54) is 347 Å². The first-order valence-electron chi connectivity index (χ1n) is 41.8. The number of nitrogens with zero attached hydrogens (tertiary/aromatic N) is 1. The molecule has 0 rings (SSSR count). The van der Waals surface area contributed by atoms with Crippen LogP contribution in [0.2, 0.25) is 0 Å². The second kappa shape index (κ2) is 77.0. The summed E-state index contributed by atoms with van der Waals surface area (Å²) in [6.45, 7) is 4.80. The monoisotopic (exact) mass is 1340 g/mol. The minimum Gasteiger partial charge on any atom is -0.545 e. The van der Waals surface area contributed by atoms with Gasteiger partial charge in [0.05, 0.1) is 40.3 Å². The van der Waals surface area contributed by atoms with Crippen molar-refractivity contribution in [2.45, 2.75) is 437 Å². The van der Waals surface area contributed by atoms with Gasteiger partial charge < -0.3 is 33.3 Å². The maximum absolute atomic E-state index is 13.0. The molecule has 558 valence electrons. The first kappa shape index (κ1) is 92.2. The Bertz CT molecular complexity index is 1700. The number of carbonyl (C=O) groups excluding carboxylic acids is 3. The average Bonchev–Trinajstić information content (AvgIpc) is 2.92. The molecule has 95 heavy (non-hydrogen) atoms. The molecular weight excluding hydrogens is 1170 g/mol. The fraction of sp³-hybridized carbons (Fsp3) is 0.872. The normalized spacial score (nSPS) is 12.8. The van der Waals surface area contributed by atoms with Gasteiger partial charge in [0.15, 0.2) is 12.4 Å². The van der Waals surface area contributed by atoms with Gasteiger partial charge in [-0.25, -0.2) is 0 Å². The molecule has 9 nitrogen and oxygen atoms in total. The third kappa shape index (κ3) is 78.5. The van der Waals surface area contributed by atoms with Crippen LogP contribution in [-0.4, -0.2) is 82.3 Å². The summed E-state index contributed by atoms with van der Waals surface area (Å²) in [4.78, 5) is 37.6. The summed E-state index contributed by atoms with van der Waals surface area (Å²) in [6, 6.07) is 0. The zero-order chi connectivity index (χ0) is 69.0. The molecule has 0 saturated carbocycles. The highest BCUT2D eigenvalue weighted by atomic mass is 16.7. The van der Waals surface area contributed by atoms with Crippen molar-refractivity contribution in [1.29, 1.82) is 0 Å². The number of quaternary nitrogens is 1. The van der Waals surface area contributed by atoms with E-state index in [-0.39, 0.29) is 32.2 Å². The summed E-state index contributed by atoms with van der Waals surface area (Å²) in [6.07, 6.45) is 98.3. The van der Waals surface area contributed by atoms with Gasteiger partial charge in [-0.2, -0.15) is 0 Å². The lowest BCUT2D eigenvalue weighted by Gasteiger charge is -2.26. The lowest BCUT2D eigenvalue weighted by atomic mass is 10.0. The molecule has 0 spiro atoms. The highest BCUT2D eigenvalue weighted by Gasteiger charge is 2.22. The summed E-state index contributed by atoms with van der Waals surface area (Å²) in [5, 5.41) is 11.9. The van der Waals surface area contributed by atoms with Crippen LogP contribution < -0.4 is 5.11 Å². The Labute approximate surface area is 591 Å². The Kier molecular flexibility index (Phi) is 74.8. The van der Waals surface area contributed by atoms with Crippen molar-refractivity contribution in [3.63, 3.8) is 0 Å². The van der Waals surface area contributed by atoms with E-state index in [9.17, 15) is 19.5 Å². The van der Waals surface area contributed by atoms with Crippen LogP contribution in [0.25, 0.3) is 0 Å². The van der Waals surface area contributed by atoms with Crippen molar-refractivity contribution in [3.05, 3.63) is 48.6 Å². The third-order valence-corrected chi connectivity index (χ3v) is 19.0. The van der Waals surface area contributed by atoms with Gasteiger partial charge in [0.25, 0.3) is 0 Å². The summed E-state index contributed by atoms with van der Waals surface area (Å²) in [5.74, 6) is -2.25. The van der Waals surface area contributed by atoms with Gasteiger partial charge in [-0.3, -0.25) is 9.59 Å². The first-order valence-corrected chi connectivity index (χ1v) is 41.8. The lowest BCUT2D eigenvalue weighted by Crippen LogP contribution is -2.44. The molecule has 2 atom stereocenters. The number of hydrogen-bond donors (Lipinski definition) is 0. The molecule has 0 aliphatic rings. The Morgan fingerprint density at radius 3 is 0.832 bits per heavy atom. The van der Waals surface area contributed by atoms with Crippen LogP contribution in [0.15, 0.2) is 48.6 Å². The van der Waals surface area contributed by atoms with E-state index in [1.807, 2.05) is 21.1 Å². The van der Waals surface area contributed by atoms with Crippen LogP contribution in [0.4, 0.5) is 0 Å². The number of carboxylic acids is 1. The van der Waals surface area contributed by atoms with Crippen molar-refractivity contribution in [3.8, 4) is 0 Å². The number of likely N-dealkylation sites (N-methyl/N-ethyl adjacent to an activating group) is 1. The third-order valence-electron chi connectivity index (χ3n) is 19.0. The highest BCUT2D eigenvalue weighted by Crippen LogP contribution is 2.20. The molecule has 0 heterocycles. The maximum atomic E-state index is 13.0. The summed E-state index contributed by atoms with van der Waals surface area (Å²) < 4.78 is 22.9. The molecule has 0 saturated heterocycles. The van der Waals surface area contributed by atoms with Gasteiger partial charge in [0.2, 0.25) is 0 Å². The summed E-state index contributed by atoms with van der Waals surface area (Å²) in [7, 11) is 5.95. The minimum absolute atomic E-state index is 0.151. The van der Waals surface area contributed by atoms with Crippen molar-refractivity contribution < 1.29 is 42.9 Å². The van der Waals surface area contributed by atoms with Crippen LogP contribution in [0.5, 0.6) is 0 Å². The fourth-order valence-electron chi connectivity index (χ4n) is 12.7. The Balaban J connectivity index is 3.94. The van der Waals surface area contributed by atoms with Crippen molar-refractivity contribution in [2.24, 2.45) is 0 Å². The summed E-state index contributed by atoms with van der Waals surface area (Å²) in [5.41, 5.74) is 0. The van der Waals surface area contributed by atoms with E-state index in [0.717, 1.165) is 51.4 Å². The van der Waals surface area contributed by atoms with E-state index in [1.54, 1.807) is 0 Å². The molecule has 0 aromatic carbocycles. The van der Waals surface area contributed by atoms with Gasteiger partial charge in [0, 0.05) is 12.8 Å². The van der Waals surface area contributed by atoms with Crippen LogP contribution >= 0.6 is 0 Å². The standard InChI is InChI=1S/C86H161NO8/c1-6-8-10-12-14-16-18-20-22-24-26-28-30-32-34-36-38-39-40-41-42-43-44-45-47-49-51-53-55-57-59-61-63-65-67-69-71-73-75-77-84(89)95-82(81-94-86(85(90)91)92-79-78-87(3,4)5)80-93-83(88)76-74-72-70-68-66-64-62-60-58-56-54-52-50-48-46-37-35-33-31-29-27-25-23-21-19-17-15-13-11-9-7-2/h18-21,24-27,82,86H,6-17,22-23,28-81H2,1-5H3/b20-18-,21-19-,26-24-,27-25-. The average molecular weight is 1340 g/mol. The van der Waals surface area contributed by atoms with Gasteiger partial charge in [0.1, 0.15) is 13.2 Å². The molecule has 0 aromatic rings. The molecule has 0 aliphatic heterocycles. The number of carboxylic acid groups (broad SMARTS) is 1. The van der Waals surface area contributed by atoms with Gasteiger partial charge in [-0.05, 0) is 77.0 Å². The molecule has 0 bridgehead atoms. The fourth-order valence-corrected chi connectivity index (χ4v) is 12.7. The number of rotatable bonds is 79. The van der Waals surface area contributed by atoms with E-state index >= 15 is 0 Å². The number of esters is 2. The molecule has 9 heteroatoms. The van der Waals surface area contributed by atoms with E-state index in [2.05, 4.69) is 62.5 Å². The summed E-state index contributed by atoms with van der Waals surface area (Å²) >= 11 is 0. The van der Waals surface area contributed by atoms with E-state index in [4.69, 9.17) is 18.9 Å². The number of carbonyl (C=O) groups is 3. The van der Waals surface area contributed by atoms with Crippen LogP contribution in [0.3, 0.4) is 0 Å². The number of allylic oxidation sites excluding steroid dienone is 8. The molecule has 0 aliphatic carbocycles. The van der Waals surface area contributed by atoms with Crippen molar-refractivity contribution in [2.75, 3.05) is 47.5 Å².